The number of imidazole rings is 1. The first kappa shape index (κ1) is 24.0. The van der Waals surface area contributed by atoms with E-state index in [1.54, 1.807) is 31.8 Å². The first-order valence-corrected chi connectivity index (χ1v) is 12.1. The second-order valence-electron chi connectivity index (χ2n) is 8.73. The molecule has 0 atom stereocenters. The molecule has 184 valence electrons. The minimum absolute atomic E-state index is 0.0567. The Balaban J connectivity index is 1.67. The van der Waals surface area contributed by atoms with Gasteiger partial charge in [0.1, 0.15) is 12.4 Å². The number of carbonyl (C=O) groups is 1. The molecule has 4 aromatic rings. The highest BCUT2D eigenvalue weighted by atomic mass is 35.5. The number of aromatic nitrogens is 4. The number of nitrogens with zero attached hydrogens (tertiary/aromatic N) is 6. The predicted molar refractivity (Wildman–Crippen MR) is 140 cm³/mol. The fourth-order valence-corrected chi connectivity index (χ4v) is 4.49. The zero-order valence-electron chi connectivity index (χ0n) is 20.3. The van der Waals surface area contributed by atoms with Crippen LogP contribution in [0.15, 0.2) is 67.1 Å². The van der Waals surface area contributed by atoms with Crippen molar-refractivity contribution in [1.82, 2.24) is 29.3 Å². The summed E-state index contributed by atoms with van der Waals surface area (Å²) in [5, 5.41) is 0.647. The number of rotatable bonds is 6. The van der Waals surface area contributed by atoms with Gasteiger partial charge in [-0.15, -0.1) is 0 Å². The van der Waals surface area contributed by atoms with Crippen LogP contribution in [-0.2, 0) is 11.3 Å². The molecule has 0 N–H and O–H groups in total. The van der Waals surface area contributed by atoms with Crippen molar-refractivity contribution in [3.63, 3.8) is 0 Å². The van der Waals surface area contributed by atoms with Gasteiger partial charge in [-0.3, -0.25) is 9.78 Å². The third-order valence-electron chi connectivity index (χ3n) is 6.39. The second-order valence-corrected chi connectivity index (χ2v) is 9.17. The number of halogens is 1. The van der Waals surface area contributed by atoms with E-state index in [1.165, 1.54) is 0 Å². The average molecular weight is 503 g/mol. The highest BCUT2D eigenvalue weighted by molar-refractivity contribution is 6.30. The molecule has 4 heterocycles. The van der Waals surface area contributed by atoms with Crippen LogP contribution in [0.3, 0.4) is 0 Å². The maximum Gasteiger partial charge on any atom is 0.242 e. The van der Waals surface area contributed by atoms with E-state index in [1.807, 2.05) is 51.9 Å². The van der Waals surface area contributed by atoms with Gasteiger partial charge in [-0.1, -0.05) is 23.7 Å². The third-order valence-corrected chi connectivity index (χ3v) is 6.64. The molecule has 1 aliphatic rings. The van der Waals surface area contributed by atoms with E-state index in [9.17, 15) is 4.79 Å². The molecule has 0 bridgehead atoms. The van der Waals surface area contributed by atoms with Crippen molar-refractivity contribution in [3.05, 3.63) is 72.1 Å². The Morgan fingerprint density at radius 3 is 2.28 bits per heavy atom. The van der Waals surface area contributed by atoms with Crippen LogP contribution in [0.25, 0.3) is 33.9 Å². The van der Waals surface area contributed by atoms with Gasteiger partial charge in [0.15, 0.2) is 0 Å². The molecule has 0 radical (unpaired) electrons. The third kappa shape index (κ3) is 4.96. The lowest BCUT2D eigenvalue weighted by Crippen LogP contribution is -2.48. The number of pyridine rings is 2. The summed E-state index contributed by atoms with van der Waals surface area (Å²) in [5.74, 6) is 1.23. The molecule has 1 saturated heterocycles. The van der Waals surface area contributed by atoms with Crippen LogP contribution < -0.4 is 4.74 Å². The van der Waals surface area contributed by atoms with Gasteiger partial charge in [-0.2, -0.15) is 0 Å². The van der Waals surface area contributed by atoms with Crippen molar-refractivity contribution in [2.75, 3.05) is 40.3 Å². The van der Waals surface area contributed by atoms with Crippen molar-refractivity contribution >= 4 is 17.5 Å². The van der Waals surface area contributed by atoms with Gasteiger partial charge in [0.2, 0.25) is 11.8 Å². The predicted octanol–water partition coefficient (Wildman–Crippen LogP) is 4.11. The Hall–Kier alpha value is -3.75. The Morgan fingerprint density at radius 2 is 1.64 bits per heavy atom. The Kier molecular flexibility index (Phi) is 6.97. The second kappa shape index (κ2) is 10.5. The summed E-state index contributed by atoms with van der Waals surface area (Å²) in [6, 6.07) is 15.1. The molecule has 0 spiro atoms. The van der Waals surface area contributed by atoms with Crippen molar-refractivity contribution in [3.8, 4) is 39.8 Å². The normalized spacial score (nSPS) is 14.1. The van der Waals surface area contributed by atoms with Gasteiger partial charge in [-0.25, -0.2) is 9.97 Å². The van der Waals surface area contributed by atoms with Crippen LogP contribution >= 0.6 is 11.6 Å². The molecule has 36 heavy (non-hydrogen) atoms. The number of hydrogen-bond donors (Lipinski definition) is 0. The molecule has 5 rings (SSSR count). The quantitative estimate of drug-likeness (QED) is 0.395. The van der Waals surface area contributed by atoms with Crippen LogP contribution in [-0.4, -0.2) is 75.6 Å². The minimum Gasteiger partial charge on any atom is -0.481 e. The van der Waals surface area contributed by atoms with E-state index in [2.05, 4.69) is 21.9 Å². The van der Waals surface area contributed by atoms with Gasteiger partial charge in [-0.05, 0) is 37.4 Å². The van der Waals surface area contributed by atoms with Crippen LogP contribution in [0.5, 0.6) is 5.88 Å². The van der Waals surface area contributed by atoms with Gasteiger partial charge in [0, 0.05) is 72.5 Å². The molecular formula is C27H27ClN6O2. The lowest BCUT2D eigenvalue weighted by molar-refractivity contribution is -0.133. The molecule has 1 aliphatic heterocycles. The Morgan fingerprint density at radius 1 is 0.944 bits per heavy atom. The SMILES string of the molecule is COc1ccc(-c2nc(-c3ccc(Cl)cc3)c(-c3ccncc3)n2CC(=O)N2CCN(C)CC2)cn1. The van der Waals surface area contributed by atoms with E-state index in [-0.39, 0.29) is 12.5 Å². The van der Waals surface area contributed by atoms with Gasteiger partial charge in [0.25, 0.3) is 0 Å². The zero-order chi connectivity index (χ0) is 25.1. The van der Waals surface area contributed by atoms with Crippen LogP contribution in [0.1, 0.15) is 0 Å². The van der Waals surface area contributed by atoms with E-state index < -0.39 is 0 Å². The van der Waals surface area contributed by atoms with Crippen LogP contribution in [0.4, 0.5) is 0 Å². The summed E-state index contributed by atoms with van der Waals surface area (Å²) in [5.41, 5.74) is 4.21. The molecule has 0 aliphatic carbocycles. The van der Waals surface area contributed by atoms with Crippen molar-refractivity contribution in [2.24, 2.45) is 0 Å². The highest BCUT2D eigenvalue weighted by Crippen LogP contribution is 2.36. The number of carbonyl (C=O) groups excluding carboxylic acids is 1. The van der Waals surface area contributed by atoms with Crippen molar-refractivity contribution in [1.29, 1.82) is 0 Å². The zero-order valence-corrected chi connectivity index (χ0v) is 21.0. The number of ether oxygens (including phenoxy) is 1. The maximum atomic E-state index is 13.5. The number of methoxy groups -OCH3 is 1. The number of piperazine rings is 1. The summed E-state index contributed by atoms with van der Waals surface area (Å²) in [6.07, 6.45) is 5.21. The van der Waals surface area contributed by atoms with Crippen LogP contribution in [0, 0.1) is 0 Å². The minimum atomic E-state index is 0.0567. The van der Waals surface area contributed by atoms with Gasteiger partial charge in [0.05, 0.1) is 18.5 Å². The van der Waals surface area contributed by atoms with E-state index >= 15 is 0 Å². The summed E-state index contributed by atoms with van der Waals surface area (Å²) in [7, 11) is 3.66. The highest BCUT2D eigenvalue weighted by Gasteiger charge is 2.26. The topological polar surface area (TPSA) is 76.4 Å². The van der Waals surface area contributed by atoms with Gasteiger partial charge < -0.3 is 19.1 Å². The molecule has 0 saturated carbocycles. The maximum absolute atomic E-state index is 13.5. The van der Waals surface area contributed by atoms with E-state index in [0.29, 0.717) is 29.8 Å². The lowest BCUT2D eigenvalue weighted by atomic mass is 10.1. The monoisotopic (exact) mass is 502 g/mol. The number of amides is 1. The first-order chi connectivity index (χ1) is 17.5. The lowest BCUT2D eigenvalue weighted by Gasteiger charge is -2.32. The molecule has 1 aromatic carbocycles. The molecular weight excluding hydrogens is 476 g/mol. The molecule has 0 unspecified atom stereocenters. The van der Waals surface area contributed by atoms with Crippen molar-refractivity contribution in [2.45, 2.75) is 6.54 Å². The molecule has 1 amide bonds. The molecule has 1 fully saturated rings. The molecule has 9 heteroatoms. The van der Waals surface area contributed by atoms with E-state index in [4.69, 9.17) is 21.3 Å². The molecule has 8 nitrogen and oxygen atoms in total. The van der Waals surface area contributed by atoms with Gasteiger partial charge >= 0.3 is 0 Å². The summed E-state index contributed by atoms with van der Waals surface area (Å²) >= 11 is 6.17. The van der Waals surface area contributed by atoms with Crippen molar-refractivity contribution < 1.29 is 9.53 Å². The Labute approximate surface area is 215 Å². The smallest absolute Gasteiger partial charge is 0.242 e. The molecule has 3 aromatic heterocycles. The Bertz CT molecular complexity index is 1330. The number of benzene rings is 1. The fraction of sp³-hybridized carbons (Fsp3) is 0.259. The summed E-state index contributed by atoms with van der Waals surface area (Å²) in [4.78, 5) is 31.3. The fourth-order valence-electron chi connectivity index (χ4n) is 4.36. The van der Waals surface area contributed by atoms with E-state index in [0.717, 1.165) is 41.2 Å². The standard InChI is InChI=1S/C27H27ClN6O2/c1-32-13-15-33(16-14-32)24(35)18-34-26(20-9-11-29-12-10-20)25(19-3-6-22(28)7-4-19)31-27(34)21-5-8-23(36-2)30-17-21/h3-12,17H,13-16,18H2,1-2H3. The number of hydrogen-bond acceptors (Lipinski definition) is 6. The average Bonchev–Trinajstić information content (AvgIpc) is 3.29. The number of likely N-dealkylation sites (N-methyl/N-ethyl adjacent to an activating group) is 1. The summed E-state index contributed by atoms with van der Waals surface area (Å²) in [6.45, 7) is 3.29. The van der Waals surface area contributed by atoms with Crippen LogP contribution in [0.2, 0.25) is 5.02 Å². The largest absolute Gasteiger partial charge is 0.481 e. The summed E-state index contributed by atoms with van der Waals surface area (Å²) < 4.78 is 7.23. The first-order valence-electron chi connectivity index (χ1n) is 11.8.